The molecule has 0 aromatic heterocycles. The van der Waals surface area contributed by atoms with Gasteiger partial charge < -0.3 is 14.7 Å². The SMILES string of the molecule is CCCCCCCCCCCCOCCCCCCCCCCCC.CN(C)CCCO. The molecular weight excluding hydrogens is 394 g/mol. The number of ether oxygens (including phenoxy) is 1. The summed E-state index contributed by atoms with van der Waals surface area (Å²) < 4.78 is 5.78. The summed E-state index contributed by atoms with van der Waals surface area (Å²) in [4.78, 5) is 2.05. The van der Waals surface area contributed by atoms with Gasteiger partial charge >= 0.3 is 0 Å². The van der Waals surface area contributed by atoms with Crippen molar-refractivity contribution in [3.63, 3.8) is 0 Å². The van der Waals surface area contributed by atoms with Crippen LogP contribution in [0, 0.1) is 0 Å². The van der Waals surface area contributed by atoms with Crippen molar-refractivity contribution in [2.24, 2.45) is 0 Å². The molecule has 0 fully saturated rings. The van der Waals surface area contributed by atoms with Gasteiger partial charge in [0.1, 0.15) is 0 Å². The molecule has 0 aromatic rings. The molecule has 0 unspecified atom stereocenters. The lowest BCUT2D eigenvalue weighted by molar-refractivity contribution is 0.125. The predicted octanol–water partition coefficient (Wildman–Crippen LogP) is 8.78. The zero-order chi connectivity index (χ0) is 24.0. The molecule has 0 aliphatic carbocycles. The van der Waals surface area contributed by atoms with Crippen molar-refractivity contribution in [2.45, 2.75) is 149 Å². The van der Waals surface area contributed by atoms with Crippen LogP contribution in [0.5, 0.6) is 0 Å². The van der Waals surface area contributed by atoms with E-state index in [0.29, 0.717) is 6.61 Å². The third kappa shape index (κ3) is 37.2. The van der Waals surface area contributed by atoms with Gasteiger partial charge in [-0.15, -0.1) is 0 Å². The van der Waals surface area contributed by atoms with E-state index in [0.717, 1.165) is 26.2 Å². The summed E-state index contributed by atoms with van der Waals surface area (Å²) in [6.45, 7) is 7.85. The van der Waals surface area contributed by atoms with Gasteiger partial charge in [-0.25, -0.2) is 0 Å². The van der Waals surface area contributed by atoms with Gasteiger partial charge in [0.2, 0.25) is 0 Å². The van der Waals surface area contributed by atoms with Crippen LogP contribution in [0.4, 0.5) is 0 Å². The number of unbranched alkanes of at least 4 members (excludes halogenated alkanes) is 18. The minimum atomic E-state index is 0.304. The van der Waals surface area contributed by atoms with Crippen molar-refractivity contribution in [3.05, 3.63) is 0 Å². The zero-order valence-corrected chi connectivity index (χ0v) is 23.0. The topological polar surface area (TPSA) is 32.7 Å². The molecule has 0 aliphatic rings. The lowest BCUT2D eigenvalue weighted by atomic mass is 10.1. The molecule has 3 heteroatoms. The molecule has 0 heterocycles. The molecule has 3 nitrogen and oxygen atoms in total. The van der Waals surface area contributed by atoms with Gasteiger partial charge in [-0.1, -0.05) is 129 Å². The Morgan fingerprint density at radius 2 is 0.781 bits per heavy atom. The second-order valence-corrected chi connectivity index (χ2v) is 9.86. The van der Waals surface area contributed by atoms with Crippen LogP contribution in [-0.4, -0.2) is 50.5 Å². The Kier molecular flexibility index (Phi) is 35.2. The first kappa shape index (κ1) is 34.0. The minimum absolute atomic E-state index is 0.304. The maximum atomic E-state index is 8.29. The Labute approximate surface area is 204 Å². The third-order valence-corrected chi connectivity index (χ3v) is 6.05. The van der Waals surface area contributed by atoms with Crippen LogP contribution >= 0.6 is 0 Å². The lowest BCUT2D eigenvalue weighted by Gasteiger charge is -2.05. The maximum absolute atomic E-state index is 8.29. The highest BCUT2D eigenvalue weighted by molar-refractivity contribution is 4.49. The molecule has 0 atom stereocenters. The fourth-order valence-electron chi connectivity index (χ4n) is 3.87. The second kappa shape index (κ2) is 33.1. The van der Waals surface area contributed by atoms with E-state index in [4.69, 9.17) is 9.84 Å². The summed E-state index contributed by atoms with van der Waals surface area (Å²) in [7, 11) is 3.99. The highest BCUT2D eigenvalue weighted by Gasteiger charge is 1.95. The van der Waals surface area contributed by atoms with E-state index < -0.39 is 0 Å². The fraction of sp³-hybridized carbons (Fsp3) is 1.00. The molecule has 196 valence electrons. The van der Waals surface area contributed by atoms with Crippen molar-refractivity contribution in [2.75, 3.05) is 40.5 Å². The summed E-state index contributed by atoms with van der Waals surface area (Å²) in [6.07, 6.45) is 29.0. The highest BCUT2D eigenvalue weighted by Crippen LogP contribution is 2.12. The Balaban J connectivity index is 0. The average Bonchev–Trinajstić information content (AvgIpc) is 2.79. The monoisotopic (exact) mass is 457 g/mol. The molecule has 0 aliphatic heterocycles. The normalized spacial score (nSPS) is 11.1. The van der Waals surface area contributed by atoms with Crippen molar-refractivity contribution in [1.82, 2.24) is 4.90 Å². The van der Waals surface area contributed by atoms with Crippen molar-refractivity contribution in [3.8, 4) is 0 Å². The largest absolute Gasteiger partial charge is 0.396 e. The molecular formula is C29H63NO2. The highest BCUT2D eigenvalue weighted by atomic mass is 16.5. The number of aliphatic hydroxyl groups is 1. The van der Waals surface area contributed by atoms with Crippen molar-refractivity contribution in [1.29, 1.82) is 0 Å². The van der Waals surface area contributed by atoms with Crippen LogP contribution < -0.4 is 0 Å². The van der Waals surface area contributed by atoms with Crippen molar-refractivity contribution < 1.29 is 9.84 Å². The van der Waals surface area contributed by atoms with Gasteiger partial charge in [0.15, 0.2) is 0 Å². The first-order valence-corrected chi connectivity index (χ1v) is 14.5. The van der Waals surface area contributed by atoms with E-state index in [1.807, 2.05) is 14.1 Å². The molecule has 0 radical (unpaired) electrons. The third-order valence-electron chi connectivity index (χ3n) is 6.05. The molecule has 0 aromatic carbocycles. The van der Waals surface area contributed by atoms with Gasteiger partial charge in [-0.05, 0) is 39.9 Å². The van der Waals surface area contributed by atoms with E-state index in [-0.39, 0.29) is 0 Å². The van der Waals surface area contributed by atoms with Gasteiger partial charge in [0.25, 0.3) is 0 Å². The number of rotatable bonds is 25. The van der Waals surface area contributed by atoms with Crippen LogP contribution in [0.2, 0.25) is 0 Å². The Morgan fingerprint density at radius 3 is 1.03 bits per heavy atom. The molecule has 32 heavy (non-hydrogen) atoms. The maximum Gasteiger partial charge on any atom is 0.0466 e. The number of hydrogen-bond donors (Lipinski definition) is 1. The lowest BCUT2D eigenvalue weighted by Crippen LogP contribution is -2.13. The first-order valence-electron chi connectivity index (χ1n) is 14.5. The minimum Gasteiger partial charge on any atom is -0.396 e. The Morgan fingerprint density at radius 1 is 0.469 bits per heavy atom. The van der Waals surface area contributed by atoms with E-state index in [1.165, 1.54) is 128 Å². The van der Waals surface area contributed by atoms with Crippen molar-refractivity contribution >= 4 is 0 Å². The van der Waals surface area contributed by atoms with Crippen LogP contribution in [0.3, 0.4) is 0 Å². The molecule has 0 saturated heterocycles. The fourth-order valence-corrected chi connectivity index (χ4v) is 3.87. The smallest absolute Gasteiger partial charge is 0.0466 e. The van der Waals surface area contributed by atoms with Crippen LogP contribution in [0.25, 0.3) is 0 Å². The molecule has 0 spiro atoms. The summed E-state index contributed by atoms with van der Waals surface area (Å²) in [6, 6.07) is 0. The van der Waals surface area contributed by atoms with Gasteiger partial charge in [-0.2, -0.15) is 0 Å². The van der Waals surface area contributed by atoms with Gasteiger partial charge in [-0.3, -0.25) is 0 Å². The zero-order valence-electron chi connectivity index (χ0n) is 23.0. The number of aliphatic hydroxyl groups excluding tert-OH is 1. The standard InChI is InChI=1S/C24H50O.C5H13NO/c1-3-5-7-9-11-13-15-17-19-21-23-25-24-22-20-18-16-14-12-10-8-6-4-2;1-6(2)4-3-5-7/h3-24H2,1-2H3;7H,3-5H2,1-2H3. The molecule has 1 N–H and O–H groups in total. The van der Waals surface area contributed by atoms with Crippen LogP contribution in [0.15, 0.2) is 0 Å². The quantitative estimate of drug-likeness (QED) is 0.139. The van der Waals surface area contributed by atoms with Crippen LogP contribution in [0.1, 0.15) is 149 Å². The first-order chi connectivity index (χ1) is 15.7. The summed E-state index contributed by atoms with van der Waals surface area (Å²) in [5.41, 5.74) is 0. The Hall–Kier alpha value is -0.120. The van der Waals surface area contributed by atoms with Crippen LogP contribution in [-0.2, 0) is 4.74 Å². The molecule has 0 saturated carbocycles. The average molecular weight is 458 g/mol. The summed E-state index contributed by atoms with van der Waals surface area (Å²) in [5.74, 6) is 0. The second-order valence-electron chi connectivity index (χ2n) is 9.86. The van der Waals surface area contributed by atoms with Gasteiger partial charge in [0.05, 0.1) is 0 Å². The van der Waals surface area contributed by atoms with Gasteiger partial charge in [0, 0.05) is 19.8 Å². The summed E-state index contributed by atoms with van der Waals surface area (Å²) in [5, 5.41) is 8.29. The predicted molar refractivity (Wildman–Crippen MR) is 145 cm³/mol. The van der Waals surface area contributed by atoms with E-state index in [1.54, 1.807) is 0 Å². The molecule has 0 amide bonds. The van der Waals surface area contributed by atoms with E-state index in [9.17, 15) is 0 Å². The molecule has 0 bridgehead atoms. The number of hydrogen-bond acceptors (Lipinski definition) is 3. The van der Waals surface area contributed by atoms with E-state index >= 15 is 0 Å². The number of nitrogens with zero attached hydrogens (tertiary/aromatic N) is 1. The van der Waals surface area contributed by atoms with E-state index in [2.05, 4.69) is 18.7 Å². The summed E-state index contributed by atoms with van der Waals surface area (Å²) >= 11 is 0. The Bertz CT molecular complexity index is 275. The molecule has 0 rings (SSSR count).